The van der Waals surface area contributed by atoms with Gasteiger partial charge in [0, 0.05) is 11.3 Å². The smallest absolute Gasteiger partial charge is 0.278 e. The molecule has 0 aliphatic rings. The molecule has 0 unspecified atom stereocenters. The van der Waals surface area contributed by atoms with Gasteiger partial charge in [-0.15, -0.1) is 0 Å². The number of aromatic nitrogens is 2. The number of benzene rings is 1. The lowest BCUT2D eigenvalue weighted by molar-refractivity contribution is 0.0942. The molecule has 0 bridgehead atoms. The average molecular weight is 274 g/mol. The van der Waals surface area contributed by atoms with E-state index in [4.69, 9.17) is 9.47 Å². The van der Waals surface area contributed by atoms with Gasteiger partial charge in [0.2, 0.25) is 0 Å². The van der Waals surface area contributed by atoms with Crippen LogP contribution in [0.5, 0.6) is 11.5 Å². The van der Waals surface area contributed by atoms with Crippen LogP contribution in [0.1, 0.15) is 27.3 Å². The van der Waals surface area contributed by atoms with Crippen molar-refractivity contribution < 1.29 is 14.3 Å². The molecule has 0 atom stereocenters. The second kappa shape index (κ2) is 5.36. The maximum Gasteiger partial charge on any atom is 0.278 e. The molecule has 0 radical (unpaired) electrons. The molecule has 0 aliphatic heterocycles. The molecule has 1 heterocycles. The largest absolute Gasteiger partial charge is 0.493 e. The van der Waals surface area contributed by atoms with Crippen molar-refractivity contribution in [1.82, 2.24) is 9.78 Å². The van der Waals surface area contributed by atoms with E-state index in [0.717, 1.165) is 17.0 Å². The van der Waals surface area contributed by atoms with E-state index in [1.54, 1.807) is 32.4 Å². The molecule has 106 valence electrons. The summed E-state index contributed by atoms with van der Waals surface area (Å²) in [6.45, 7) is 5.73. The summed E-state index contributed by atoms with van der Waals surface area (Å²) in [5.74, 6) is 0.935. The van der Waals surface area contributed by atoms with Gasteiger partial charge in [0.15, 0.2) is 11.5 Å². The zero-order valence-electron chi connectivity index (χ0n) is 12.4. The van der Waals surface area contributed by atoms with Crippen molar-refractivity contribution in [2.45, 2.75) is 20.8 Å². The Hall–Kier alpha value is -2.30. The van der Waals surface area contributed by atoms with Crippen molar-refractivity contribution >= 4 is 5.91 Å². The number of hydrogen-bond acceptors (Lipinski definition) is 4. The Morgan fingerprint density at radius 1 is 1.10 bits per heavy atom. The van der Waals surface area contributed by atoms with E-state index in [2.05, 4.69) is 5.10 Å². The summed E-state index contributed by atoms with van der Waals surface area (Å²) in [6.07, 6.45) is 0. The first-order valence-electron chi connectivity index (χ1n) is 6.29. The highest BCUT2D eigenvalue weighted by atomic mass is 16.5. The summed E-state index contributed by atoms with van der Waals surface area (Å²) in [5, 5.41) is 4.28. The fourth-order valence-corrected chi connectivity index (χ4v) is 2.01. The summed E-state index contributed by atoms with van der Waals surface area (Å²) in [5.41, 5.74) is 3.24. The van der Waals surface area contributed by atoms with E-state index in [-0.39, 0.29) is 5.91 Å². The molecule has 0 fully saturated rings. The lowest BCUT2D eigenvalue weighted by atomic mass is 10.2. The van der Waals surface area contributed by atoms with Gasteiger partial charge in [0.25, 0.3) is 5.91 Å². The molecular formula is C15H18N2O3. The lowest BCUT2D eigenvalue weighted by Gasteiger charge is -2.09. The summed E-state index contributed by atoms with van der Waals surface area (Å²) in [6, 6.07) is 5.08. The minimum Gasteiger partial charge on any atom is -0.493 e. The number of methoxy groups -OCH3 is 2. The average Bonchev–Trinajstić information content (AvgIpc) is 2.73. The van der Waals surface area contributed by atoms with Gasteiger partial charge in [0.1, 0.15) is 0 Å². The van der Waals surface area contributed by atoms with Crippen LogP contribution < -0.4 is 9.47 Å². The summed E-state index contributed by atoms with van der Waals surface area (Å²) in [7, 11) is 3.10. The van der Waals surface area contributed by atoms with Gasteiger partial charge in [0.05, 0.1) is 19.9 Å². The van der Waals surface area contributed by atoms with Crippen molar-refractivity contribution in [3.8, 4) is 11.5 Å². The number of nitrogens with zero attached hydrogens (tertiary/aromatic N) is 2. The number of aryl methyl sites for hydroxylation is 1. The van der Waals surface area contributed by atoms with Gasteiger partial charge in [-0.25, -0.2) is 4.68 Å². The van der Waals surface area contributed by atoms with Gasteiger partial charge < -0.3 is 9.47 Å². The molecule has 0 saturated heterocycles. The predicted octanol–water partition coefficient (Wildman–Crippen LogP) is 2.51. The number of rotatable bonds is 3. The molecule has 0 saturated carbocycles. The molecule has 0 amide bonds. The van der Waals surface area contributed by atoms with E-state index in [1.807, 2.05) is 20.8 Å². The summed E-state index contributed by atoms with van der Waals surface area (Å²) in [4.78, 5) is 12.5. The van der Waals surface area contributed by atoms with Gasteiger partial charge >= 0.3 is 0 Å². The monoisotopic (exact) mass is 274 g/mol. The highest BCUT2D eigenvalue weighted by Crippen LogP contribution is 2.28. The standard InChI is InChI=1S/C15H18N2O3/c1-9-10(2)16-17(11(9)3)15(18)12-6-7-13(19-4)14(8-12)20-5/h6-8H,1-5H3. The van der Waals surface area contributed by atoms with Crippen molar-refractivity contribution in [1.29, 1.82) is 0 Å². The first-order valence-corrected chi connectivity index (χ1v) is 6.29. The minimum absolute atomic E-state index is 0.181. The van der Waals surface area contributed by atoms with E-state index < -0.39 is 0 Å². The van der Waals surface area contributed by atoms with Crippen molar-refractivity contribution in [2.24, 2.45) is 0 Å². The van der Waals surface area contributed by atoms with Crippen molar-refractivity contribution in [2.75, 3.05) is 14.2 Å². The molecule has 0 N–H and O–H groups in total. The fraction of sp³-hybridized carbons (Fsp3) is 0.333. The number of carbonyl (C=O) groups is 1. The van der Waals surface area contributed by atoms with Gasteiger partial charge in [-0.1, -0.05) is 0 Å². The molecule has 0 spiro atoms. The number of ether oxygens (including phenoxy) is 2. The lowest BCUT2D eigenvalue weighted by Crippen LogP contribution is -2.15. The van der Waals surface area contributed by atoms with Crippen LogP contribution in [-0.4, -0.2) is 29.9 Å². The highest BCUT2D eigenvalue weighted by molar-refractivity contribution is 5.96. The van der Waals surface area contributed by atoms with Crippen LogP contribution in [0.2, 0.25) is 0 Å². The zero-order valence-corrected chi connectivity index (χ0v) is 12.4. The molecule has 2 rings (SSSR count). The first-order chi connectivity index (χ1) is 9.49. The Labute approximate surface area is 118 Å². The Balaban J connectivity index is 2.45. The minimum atomic E-state index is -0.181. The van der Waals surface area contributed by atoms with Crippen LogP contribution in [0.15, 0.2) is 18.2 Å². The van der Waals surface area contributed by atoms with Crippen LogP contribution in [-0.2, 0) is 0 Å². The van der Waals surface area contributed by atoms with Gasteiger partial charge in [-0.3, -0.25) is 4.79 Å². The molecule has 2 aromatic rings. The predicted molar refractivity (Wildman–Crippen MR) is 75.7 cm³/mol. The molecule has 0 aliphatic carbocycles. The molecular weight excluding hydrogens is 256 g/mol. The third-order valence-electron chi connectivity index (χ3n) is 3.48. The highest BCUT2D eigenvalue weighted by Gasteiger charge is 2.17. The molecule has 5 heteroatoms. The van der Waals surface area contributed by atoms with Gasteiger partial charge in [-0.2, -0.15) is 5.10 Å². The van der Waals surface area contributed by atoms with Crippen molar-refractivity contribution in [3.05, 3.63) is 40.7 Å². The Bertz CT molecular complexity index is 659. The Kier molecular flexibility index (Phi) is 3.79. The van der Waals surface area contributed by atoms with Crippen LogP contribution in [0.4, 0.5) is 0 Å². The SMILES string of the molecule is COc1ccc(C(=O)n2nc(C)c(C)c2C)cc1OC. The van der Waals surface area contributed by atoms with Gasteiger partial charge in [-0.05, 0) is 44.5 Å². The van der Waals surface area contributed by atoms with E-state index in [1.165, 1.54) is 4.68 Å². The molecule has 1 aromatic heterocycles. The summed E-state index contributed by atoms with van der Waals surface area (Å²) >= 11 is 0. The Morgan fingerprint density at radius 3 is 2.25 bits per heavy atom. The molecule has 1 aromatic carbocycles. The second-order valence-corrected chi connectivity index (χ2v) is 4.58. The summed E-state index contributed by atoms with van der Waals surface area (Å²) < 4.78 is 11.8. The second-order valence-electron chi connectivity index (χ2n) is 4.58. The van der Waals surface area contributed by atoms with E-state index in [0.29, 0.717) is 17.1 Å². The van der Waals surface area contributed by atoms with Crippen LogP contribution in [0.25, 0.3) is 0 Å². The van der Waals surface area contributed by atoms with Crippen LogP contribution in [0.3, 0.4) is 0 Å². The maximum absolute atomic E-state index is 12.5. The van der Waals surface area contributed by atoms with Crippen LogP contribution in [0, 0.1) is 20.8 Å². The quantitative estimate of drug-likeness (QED) is 0.863. The van der Waals surface area contributed by atoms with Crippen LogP contribution >= 0.6 is 0 Å². The molecule has 20 heavy (non-hydrogen) atoms. The Morgan fingerprint density at radius 2 is 1.75 bits per heavy atom. The topological polar surface area (TPSA) is 53.4 Å². The zero-order chi connectivity index (χ0) is 14.9. The van der Waals surface area contributed by atoms with E-state index in [9.17, 15) is 4.79 Å². The normalized spacial score (nSPS) is 10.4. The third kappa shape index (κ3) is 2.27. The number of hydrogen-bond donors (Lipinski definition) is 0. The first kappa shape index (κ1) is 14.1. The van der Waals surface area contributed by atoms with Crippen molar-refractivity contribution in [3.63, 3.8) is 0 Å². The maximum atomic E-state index is 12.5. The third-order valence-corrected chi connectivity index (χ3v) is 3.48. The molecule has 5 nitrogen and oxygen atoms in total. The number of carbonyl (C=O) groups excluding carboxylic acids is 1. The van der Waals surface area contributed by atoms with E-state index >= 15 is 0 Å². The fourth-order valence-electron chi connectivity index (χ4n) is 2.01.